The van der Waals surface area contributed by atoms with Crippen LogP contribution in [0.25, 0.3) is 48.6 Å². The molecule has 0 unspecified atom stereocenters. The van der Waals surface area contributed by atoms with Gasteiger partial charge in [0.2, 0.25) is 0 Å². The van der Waals surface area contributed by atoms with Gasteiger partial charge in [0, 0.05) is 0 Å². The molecule has 4 aromatic rings. The van der Waals surface area contributed by atoms with Crippen molar-refractivity contribution in [3.63, 3.8) is 0 Å². The molecule has 0 fully saturated rings. The van der Waals surface area contributed by atoms with E-state index in [0.29, 0.717) is 0 Å². The van der Waals surface area contributed by atoms with Crippen LogP contribution in [0.1, 0.15) is 0 Å². The number of furan rings is 4. The summed E-state index contributed by atoms with van der Waals surface area (Å²) in [7, 11) is 0. The van der Waals surface area contributed by atoms with Gasteiger partial charge in [-0.1, -0.05) is 0 Å². The van der Waals surface area contributed by atoms with Gasteiger partial charge in [-0.25, -0.2) is 0 Å². The Morgan fingerprint density at radius 2 is 0.393 bits per heavy atom. The highest BCUT2D eigenvalue weighted by atomic mass is 16.3. The molecule has 0 saturated heterocycles. The van der Waals surface area contributed by atoms with Gasteiger partial charge in [0.05, 0.1) is 0 Å². The van der Waals surface area contributed by atoms with E-state index in [1.54, 1.807) is 0 Å². The first-order valence-corrected chi connectivity index (χ1v) is 8.92. The Morgan fingerprint density at radius 1 is 0.250 bits per heavy atom. The zero-order chi connectivity index (χ0) is 18.8. The molecule has 28 heavy (non-hydrogen) atoms. The van der Waals surface area contributed by atoms with Crippen LogP contribution in [0.3, 0.4) is 0 Å². The van der Waals surface area contributed by atoms with Gasteiger partial charge in [-0.3, -0.25) is 0 Å². The minimum Gasteiger partial charge on any atom is -0.457 e. The second-order valence-corrected chi connectivity index (χ2v) is 6.29. The van der Waals surface area contributed by atoms with E-state index in [9.17, 15) is 0 Å². The SMILES string of the molecule is C1=c2ccc(o2)=C/C=c2\cc/c(o2)=C\C=c2/cc/c(o2)=C\C=c2/ccc(o2)=C1. The van der Waals surface area contributed by atoms with Gasteiger partial charge in [-0.2, -0.15) is 0 Å². The van der Waals surface area contributed by atoms with Crippen molar-refractivity contribution < 1.29 is 17.7 Å². The first-order valence-electron chi connectivity index (χ1n) is 8.92. The summed E-state index contributed by atoms with van der Waals surface area (Å²) in [5.74, 6) is 0. The highest BCUT2D eigenvalue weighted by Crippen LogP contribution is 1.81. The van der Waals surface area contributed by atoms with E-state index in [1.807, 2.05) is 97.1 Å². The molecule has 0 radical (unpaired) electrons. The van der Waals surface area contributed by atoms with Crippen LogP contribution in [0.5, 0.6) is 0 Å². The molecule has 4 aromatic heterocycles. The second kappa shape index (κ2) is 7.00. The van der Waals surface area contributed by atoms with E-state index in [4.69, 9.17) is 17.7 Å². The number of fused-ring (bicyclic) bond motifs is 8. The van der Waals surface area contributed by atoms with E-state index in [0.717, 1.165) is 43.3 Å². The summed E-state index contributed by atoms with van der Waals surface area (Å²) in [4.78, 5) is 0. The lowest BCUT2D eigenvalue weighted by Crippen LogP contribution is -2.03. The van der Waals surface area contributed by atoms with E-state index >= 15 is 0 Å². The van der Waals surface area contributed by atoms with Gasteiger partial charge in [-0.05, 0) is 97.1 Å². The first kappa shape index (κ1) is 16.3. The van der Waals surface area contributed by atoms with Gasteiger partial charge in [-0.15, -0.1) is 0 Å². The molecule has 4 heteroatoms. The molecule has 136 valence electrons. The summed E-state index contributed by atoms with van der Waals surface area (Å²) in [5.41, 5.74) is 5.95. The van der Waals surface area contributed by atoms with Gasteiger partial charge < -0.3 is 17.7 Å². The maximum atomic E-state index is 5.78. The largest absolute Gasteiger partial charge is 0.457 e. The molecule has 0 atom stereocenters. The van der Waals surface area contributed by atoms with Crippen molar-refractivity contribution in [1.29, 1.82) is 0 Å². The molecule has 0 aromatic carbocycles. The molecule has 1 aliphatic rings. The predicted octanol–water partition coefficient (Wildman–Crippen LogP) is -0.583. The number of hydrogen-bond acceptors (Lipinski definition) is 4. The summed E-state index contributed by atoms with van der Waals surface area (Å²) in [6, 6.07) is 15.3. The fourth-order valence-electron chi connectivity index (χ4n) is 2.85. The van der Waals surface area contributed by atoms with Gasteiger partial charge in [0.25, 0.3) is 0 Å². The average Bonchev–Trinajstić information content (AvgIpc) is 3.49. The maximum absolute atomic E-state index is 5.78. The zero-order valence-electron chi connectivity index (χ0n) is 14.9. The Kier molecular flexibility index (Phi) is 4.07. The second-order valence-electron chi connectivity index (χ2n) is 6.29. The van der Waals surface area contributed by atoms with Crippen molar-refractivity contribution in [1.82, 2.24) is 0 Å². The van der Waals surface area contributed by atoms with Crippen LogP contribution in [-0.4, -0.2) is 0 Å². The van der Waals surface area contributed by atoms with Crippen molar-refractivity contribution in [2.75, 3.05) is 0 Å². The van der Waals surface area contributed by atoms with Crippen LogP contribution in [0.15, 0.2) is 66.2 Å². The van der Waals surface area contributed by atoms with Crippen LogP contribution in [0.4, 0.5) is 0 Å². The third-order valence-corrected chi connectivity index (χ3v) is 4.24. The lowest BCUT2D eigenvalue weighted by molar-refractivity contribution is 0.496. The van der Waals surface area contributed by atoms with E-state index in [2.05, 4.69) is 0 Å². The summed E-state index contributed by atoms with van der Waals surface area (Å²) < 4.78 is 23.1. The fraction of sp³-hybridized carbons (Fsp3) is 0. The molecule has 0 N–H and O–H groups in total. The highest BCUT2D eigenvalue weighted by molar-refractivity contribution is 5.62. The lowest BCUT2D eigenvalue weighted by atomic mass is 10.4. The van der Waals surface area contributed by atoms with Gasteiger partial charge in [0.1, 0.15) is 43.3 Å². The quantitative estimate of drug-likeness (QED) is 0.417. The maximum Gasteiger partial charge on any atom is 0.127 e. The standard InChI is InChI=1S/C24H16O4/c1-2-18-11-12-20-5-6-22(27-20)15-16-24-8-7-23(28-24)14-13-21-4-3-19(26-21)10-9-17(1)25-18/h1-16H/b10-9?,12-11?,14-13?,16-15?,17-9+,18-11+,19-10+,20-12+,21-13+,22-15?,23-14?,24-16?. The average molecular weight is 368 g/mol. The third-order valence-electron chi connectivity index (χ3n) is 4.24. The van der Waals surface area contributed by atoms with Crippen LogP contribution in [-0.2, 0) is 0 Å². The minimum absolute atomic E-state index is 0.744. The first-order chi connectivity index (χ1) is 13.8. The van der Waals surface area contributed by atoms with E-state index in [1.165, 1.54) is 0 Å². The topological polar surface area (TPSA) is 52.6 Å². The van der Waals surface area contributed by atoms with Crippen LogP contribution < -0.4 is 43.3 Å². The summed E-state index contributed by atoms with van der Waals surface area (Å²) >= 11 is 0. The Hall–Kier alpha value is -3.92. The molecule has 0 saturated carbocycles. The monoisotopic (exact) mass is 368 g/mol. The zero-order valence-corrected chi connectivity index (χ0v) is 14.9. The summed E-state index contributed by atoms with van der Waals surface area (Å²) in [5, 5.41) is 0. The number of hydrogen-bond donors (Lipinski definition) is 0. The van der Waals surface area contributed by atoms with E-state index < -0.39 is 0 Å². The van der Waals surface area contributed by atoms with Crippen molar-refractivity contribution in [3.8, 4) is 0 Å². The number of rotatable bonds is 0. The fourth-order valence-corrected chi connectivity index (χ4v) is 2.85. The predicted molar refractivity (Wildman–Crippen MR) is 108 cm³/mol. The Balaban J connectivity index is 1.74. The molecular weight excluding hydrogens is 352 g/mol. The molecule has 0 amide bonds. The molecule has 8 bridgehead atoms. The molecule has 5 rings (SSSR count). The normalized spacial score (nSPS) is 19.2. The molecule has 0 spiro atoms. The Morgan fingerprint density at radius 3 is 0.536 bits per heavy atom. The van der Waals surface area contributed by atoms with Gasteiger partial charge in [0.15, 0.2) is 0 Å². The summed E-state index contributed by atoms with van der Waals surface area (Å²) in [6.07, 6.45) is 15.0. The minimum atomic E-state index is 0.744. The molecule has 0 aliphatic carbocycles. The molecule has 4 nitrogen and oxygen atoms in total. The molecular formula is C24H16O4. The van der Waals surface area contributed by atoms with Crippen LogP contribution in [0, 0.1) is 0 Å². The highest BCUT2D eigenvalue weighted by Gasteiger charge is 1.90. The Labute approximate surface area is 158 Å². The van der Waals surface area contributed by atoms with E-state index in [-0.39, 0.29) is 0 Å². The van der Waals surface area contributed by atoms with Crippen LogP contribution in [0.2, 0.25) is 0 Å². The molecule has 5 heterocycles. The van der Waals surface area contributed by atoms with Crippen molar-refractivity contribution >= 4 is 48.6 Å². The third kappa shape index (κ3) is 3.62. The molecule has 1 aliphatic heterocycles. The van der Waals surface area contributed by atoms with Crippen molar-refractivity contribution in [2.45, 2.75) is 0 Å². The Bertz CT molecular complexity index is 1250. The van der Waals surface area contributed by atoms with Crippen molar-refractivity contribution in [2.24, 2.45) is 0 Å². The summed E-state index contributed by atoms with van der Waals surface area (Å²) in [6.45, 7) is 0. The van der Waals surface area contributed by atoms with Crippen molar-refractivity contribution in [3.05, 3.63) is 91.9 Å². The van der Waals surface area contributed by atoms with Crippen LogP contribution >= 0.6 is 0 Å². The van der Waals surface area contributed by atoms with Gasteiger partial charge >= 0.3 is 0 Å². The lowest BCUT2D eigenvalue weighted by Gasteiger charge is -1.78. The smallest absolute Gasteiger partial charge is 0.127 e.